The van der Waals surface area contributed by atoms with Crippen molar-refractivity contribution in [3.63, 3.8) is 0 Å². The molecule has 2 heterocycles. The average molecular weight is 432 g/mol. The fourth-order valence-electron chi connectivity index (χ4n) is 3.17. The Balaban J connectivity index is 1.34. The first kappa shape index (κ1) is 20.9. The Morgan fingerprint density at radius 2 is 1.77 bits per heavy atom. The molecule has 6 heteroatoms. The quantitative estimate of drug-likeness (QED) is 0.405. The first-order valence-electron chi connectivity index (χ1n) is 10.1. The van der Waals surface area contributed by atoms with Crippen LogP contribution in [0.3, 0.4) is 0 Å². The van der Waals surface area contributed by atoms with Crippen molar-refractivity contribution in [2.45, 2.75) is 33.9 Å². The molecule has 0 saturated heterocycles. The van der Waals surface area contributed by atoms with E-state index in [1.54, 1.807) is 0 Å². The lowest BCUT2D eigenvalue weighted by atomic mass is 10.1. The number of nitrogens with one attached hydrogen (secondary N) is 1. The molecular formula is C25H25N3O2S. The minimum atomic E-state index is -0.163. The summed E-state index contributed by atoms with van der Waals surface area (Å²) in [5, 5.41) is 9.29. The van der Waals surface area contributed by atoms with Crippen molar-refractivity contribution in [2.24, 2.45) is 0 Å². The molecule has 0 aliphatic heterocycles. The van der Waals surface area contributed by atoms with Gasteiger partial charge < -0.3 is 10.1 Å². The van der Waals surface area contributed by atoms with Gasteiger partial charge >= 0.3 is 0 Å². The number of rotatable bonds is 7. The third kappa shape index (κ3) is 5.41. The van der Waals surface area contributed by atoms with Crippen molar-refractivity contribution in [1.82, 2.24) is 9.78 Å². The molecule has 5 nitrogen and oxygen atoms in total. The number of carbonyl (C=O) groups is 1. The van der Waals surface area contributed by atoms with Gasteiger partial charge in [0.05, 0.1) is 11.4 Å². The van der Waals surface area contributed by atoms with Crippen LogP contribution in [0.15, 0.2) is 66.2 Å². The van der Waals surface area contributed by atoms with E-state index in [9.17, 15) is 4.79 Å². The Hall–Kier alpha value is -3.38. The van der Waals surface area contributed by atoms with E-state index >= 15 is 0 Å². The molecule has 4 rings (SSSR count). The van der Waals surface area contributed by atoms with Crippen LogP contribution in [0.5, 0.6) is 5.75 Å². The zero-order chi connectivity index (χ0) is 21.8. The van der Waals surface area contributed by atoms with Crippen molar-refractivity contribution in [3.8, 4) is 5.75 Å². The third-order valence-corrected chi connectivity index (χ3v) is 5.94. The molecule has 0 aliphatic carbocycles. The maximum atomic E-state index is 12.6. The van der Waals surface area contributed by atoms with Crippen LogP contribution in [-0.4, -0.2) is 15.7 Å². The van der Waals surface area contributed by atoms with E-state index in [0.29, 0.717) is 23.8 Å². The van der Waals surface area contributed by atoms with Gasteiger partial charge in [-0.25, -0.2) is 0 Å². The highest BCUT2D eigenvalue weighted by Crippen LogP contribution is 2.22. The van der Waals surface area contributed by atoms with E-state index in [1.165, 1.54) is 22.5 Å². The monoisotopic (exact) mass is 431 g/mol. The van der Waals surface area contributed by atoms with Crippen LogP contribution < -0.4 is 10.1 Å². The van der Waals surface area contributed by atoms with E-state index in [1.807, 2.05) is 48.3 Å². The smallest absolute Gasteiger partial charge is 0.266 e. The van der Waals surface area contributed by atoms with Crippen molar-refractivity contribution in [1.29, 1.82) is 0 Å². The van der Waals surface area contributed by atoms with E-state index in [0.717, 1.165) is 22.4 Å². The number of carbonyl (C=O) groups excluding carboxylic acids is 1. The van der Waals surface area contributed by atoms with Crippen molar-refractivity contribution < 1.29 is 9.53 Å². The highest BCUT2D eigenvalue weighted by Gasteiger charge is 2.12. The molecule has 1 amide bonds. The highest BCUT2D eigenvalue weighted by molar-refractivity contribution is 7.12. The van der Waals surface area contributed by atoms with Crippen LogP contribution in [0.25, 0.3) is 0 Å². The Morgan fingerprint density at radius 1 is 1.00 bits per heavy atom. The predicted octanol–water partition coefficient (Wildman–Crippen LogP) is 5.75. The van der Waals surface area contributed by atoms with Gasteiger partial charge in [-0.2, -0.15) is 5.10 Å². The molecule has 0 unspecified atom stereocenters. The van der Waals surface area contributed by atoms with Gasteiger partial charge in [0.1, 0.15) is 12.4 Å². The van der Waals surface area contributed by atoms with Gasteiger partial charge in [0.15, 0.2) is 5.82 Å². The molecule has 31 heavy (non-hydrogen) atoms. The number of hydrogen-bond acceptors (Lipinski definition) is 4. The van der Waals surface area contributed by atoms with E-state index in [-0.39, 0.29) is 5.91 Å². The lowest BCUT2D eigenvalue weighted by molar-refractivity contribution is 0.103. The Labute approximate surface area is 186 Å². The summed E-state index contributed by atoms with van der Waals surface area (Å²) in [7, 11) is 0. The lowest BCUT2D eigenvalue weighted by Crippen LogP contribution is -2.11. The maximum Gasteiger partial charge on any atom is 0.266 e. The number of aryl methyl sites for hydroxylation is 3. The molecule has 0 saturated carbocycles. The summed E-state index contributed by atoms with van der Waals surface area (Å²) < 4.78 is 7.76. The second-order valence-corrected chi connectivity index (χ2v) is 8.63. The van der Waals surface area contributed by atoms with Gasteiger partial charge in [-0.1, -0.05) is 42.0 Å². The van der Waals surface area contributed by atoms with Gasteiger partial charge in [0, 0.05) is 17.8 Å². The minimum Gasteiger partial charge on any atom is -0.489 e. The normalized spacial score (nSPS) is 10.8. The summed E-state index contributed by atoms with van der Waals surface area (Å²) in [6.45, 7) is 7.23. The number of benzene rings is 2. The molecule has 158 valence electrons. The van der Waals surface area contributed by atoms with Crippen molar-refractivity contribution in [2.75, 3.05) is 5.32 Å². The van der Waals surface area contributed by atoms with Gasteiger partial charge in [-0.15, -0.1) is 11.3 Å². The number of nitrogens with zero attached hydrogens (tertiary/aromatic N) is 2. The standard InChI is InChI=1S/C25H25N3O2S/c1-17-5-8-20(9-6-17)14-28-11-10-24(27-28)26-25(29)23-13-21(16-31-23)15-30-22-12-18(2)4-7-19(22)3/h4-13,16H,14-15H2,1-3H3,(H,26,27,29). The van der Waals surface area contributed by atoms with Crippen molar-refractivity contribution >= 4 is 23.1 Å². The predicted molar refractivity (Wildman–Crippen MR) is 125 cm³/mol. The molecule has 0 radical (unpaired) electrons. The fraction of sp³-hybridized carbons (Fsp3) is 0.200. The van der Waals surface area contributed by atoms with E-state index < -0.39 is 0 Å². The molecule has 2 aromatic carbocycles. The molecule has 1 N–H and O–H groups in total. The number of hydrogen-bond donors (Lipinski definition) is 1. The Morgan fingerprint density at radius 3 is 2.58 bits per heavy atom. The molecule has 0 atom stereocenters. The number of aromatic nitrogens is 2. The topological polar surface area (TPSA) is 56.2 Å². The summed E-state index contributed by atoms with van der Waals surface area (Å²) in [6.07, 6.45) is 1.87. The van der Waals surface area contributed by atoms with Gasteiger partial charge in [0.2, 0.25) is 0 Å². The first-order chi connectivity index (χ1) is 15.0. The van der Waals surface area contributed by atoms with Crippen LogP contribution in [0.1, 0.15) is 37.5 Å². The molecule has 0 fully saturated rings. The minimum absolute atomic E-state index is 0.163. The second-order valence-electron chi connectivity index (χ2n) is 7.72. The third-order valence-electron chi connectivity index (χ3n) is 4.96. The van der Waals surface area contributed by atoms with Crippen molar-refractivity contribution in [3.05, 3.63) is 98.9 Å². The maximum absolute atomic E-state index is 12.6. The molecule has 0 aliphatic rings. The Kier molecular flexibility index (Phi) is 6.18. The van der Waals surface area contributed by atoms with Gasteiger partial charge in [-0.05, 0) is 55.0 Å². The molecule has 4 aromatic rings. The number of thiophene rings is 1. The largest absolute Gasteiger partial charge is 0.489 e. The van der Waals surface area contributed by atoms with Gasteiger partial charge in [0.25, 0.3) is 5.91 Å². The number of ether oxygens (including phenoxy) is 1. The zero-order valence-electron chi connectivity index (χ0n) is 17.9. The molecule has 0 spiro atoms. The summed E-state index contributed by atoms with van der Waals surface area (Å²) in [4.78, 5) is 13.2. The van der Waals surface area contributed by atoms with Crippen LogP contribution in [0, 0.1) is 20.8 Å². The van der Waals surface area contributed by atoms with Crippen LogP contribution >= 0.6 is 11.3 Å². The first-order valence-corrected chi connectivity index (χ1v) is 11.0. The summed E-state index contributed by atoms with van der Waals surface area (Å²) in [5.74, 6) is 1.25. The second kappa shape index (κ2) is 9.18. The Bertz CT molecular complexity index is 1190. The zero-order valence-corrected chi connectivity index (χ0v) is 18.7. The summed E-state index contributed by atoms with van der Waals surface area (Å²) in [5.41, 5.74) is 5.62. The van der Waals surface area contributed by atoms with Crippen LogP contribution in [-0.2, 0) is 13.2 Å². The molecule has 2 aromatic heterocycles. The molecule has 0 bridgehead atoms. The van der Waals surface area contributed by atoms with Gasteiger partial charge in [-0.3, -0.25) is 9.48 Å². The van der Waals surface area contributed by atoms with E-state index in [4.69, 9.17) is 4.74 Å². The van der Waals surface area contributed by atoms with Crippen LogP contribution in [0.2, 0.25) is 0 Å². The SMILES string of the molecule is Cc1ccc(Cn2ccc(NC(=O)c3cc(COc4cc(C)ccc4C)cs3)n2)cc1. The number of anilines is 1. The summed E-state index contributed by atoms with van der Waals surface area (Å²) in [6, 6.07) is 18.2. The lowest BCUT2D eigenvalue weighted by Gasteiger charge is -2.08. The van der Waals surface area contributed by atoms with Crippen LogP contribution in [0.4, 0.5) is 5.82 Å². The highest BCUT2D eigenvalue weighted by atomic mass is 32.1. The fourth-order valence-corrected chi connectivity index (χ4v) is 3.96. The number of amides is 1. The van der Waals surface area contributed by atoms with E-state index in [2.05, 4.69) is 53.7 Å². The summed E-state index contributed by atoms with van der Waals surface area (Å²) >= 11 is 1.40. The molecular weight excluding hydrogens is 406 g/mol. The average Bonchev–Trinajstić information content (AvgIpc) is 3.40.